The maximum Gasteiger partial charge on any atom is 0.410 e. The van der Waals surface area contributed by atoms with Gasteiger partial charge in [0.1, 0.15) is 12.6 Å². The van der Waals surface area contributed by atoms with Crippen LogP contribution in [-0.4, -0.2) is 59.2 Å². The van der Waals surface area contributed by atoms with Crippen LogP contribution in [0, 0.1) is 0 Å². The third-order valence-electron chi connectivity index (χ3n) is 3.85. The number of aliphatic hydroxyl groups excluding tert-OH is 1. The van der Waals surface area contributed by atoms with E-state index < -0.39 is 18.2 Å². The van der Waals surface area contributed by atoms with Crippen LogP contribution in [0.5, 0.6) is 0 Å². The summed E-state index contributed by atoms with van der Waals surface area (Å²) in [6.07, 6.45) is -1.00. The van der Waals surface area contributed by atoms with Gasteiger partial charge in [-0.15, -0.1) is 0 Å². The number of hydrogen-bond donors (Lipinski definition) is 1. The monoisotopic (exact) mass is 306 g/mol. The Labute approximate surface area is 130 Å². The number of hydrogen-bond acceptors (Lipinski definition) is 4. The minimum absolute atomic E-state index is 0.127. The zero-order chi connectivity index (χ0) is 16.1. The van der Waals surface area contributed by atoms with Gasteiger partial charge in [-0.05, 0) is 12.5 Å². The smallest absolute Gasteiger partial charge is 0.410 e. The van der Waals surface area contributed by atoms with Crippen LogP contribution in [0.2, 0.25) is 0 Å². The molecule has 22 heavy (non-hydrogen) atoms. The third kappa shape index (κ3) is 3.76. The Morgan fingerprint density at radius 2 is 2.05 bits per heavy atom. The predicted molar refractivity (Wildman–Crippen MR) is 81.1 cm³/mol. The van der Waals surface area contributed by atoms with Crippen molar-refractivity contribution in [1.29, 1.82) is 0 Å². The van der Waals surface area contributed by atoms with E-state index in [2.05, 4.69) is 0 Å². The maximum absolute atomic E-state index is 12.3. The van der Waals surface area contributed by atoms with Crippen molar-refractivity contribution >= 4 is 12.0 Å². The summed E-state index contributed by atoms with van der Waals surface area (Å²) >= 11 is 0. The molecule has 1 aliphatic heterocycles. The number of nitrogens with zero attached hydrogens (tertiary/aromatic N) is 2. The Bertz CT molecular complexity index is 520. The van der Waals surface area contributed by atoms with Gasteiger partial charge in [0.25, 0.3) is 0 Å². The molecule has 2 rings (SSSR count). The van der Waals surface area contributed by atoms with Crippen molar-refractivity contribution in [1.82, 2.24) is 9.80 Å². The van der Waals surface area contributed by atoms with E-state index in [-0.39, 0.29) is 25.5 Å². The van der Waals surface area contributed by atoms with Gasteiger partial charge < -0.3 is 14.7 Å². The number of amides is 2. The molecule has 1 heterocycles. The van der Waals surface area contributed by atoms with Gasteiger partial charge in [0, 0.05) is 20.0 Å². The van der Waals surface area contributed by atoms with Crippen molar-refractivity contribution in [3.63, 3.8) is 0 Å². The number of carbonyl (C=O) groups is 2. The Morgan fingerprint density at radius 1 is 1.36 bits per heavy atom. The van der Waals surface area contributed by atoms with Gasteiger partial charge in [-0.1, -0.05) is 30.3 Å². The van der Waals surface area contributed by atoms with Gasteiger partial charge in [0.15, 0.2) is 0 Å². The molecule has 1 aliphatic rings. The van der Waals surface area contributed by atoms with Gasteiger partial charge in [0.2, 0.25) is 5.91 Å². The predicted octanol–water partition coefficient (Wildman–Crippen LogP) is 1.24. The van der Waals surface area contributed by atoms with Crippen LogP contribution in [0.1, 0.15) is 18.9 Å². The molecule has 2 amide bonds. The molecule has 0 radical (unpaired) electrons. The van der Waals surface area contributed by atoms with Crippen LogP contribution in [0.3, 0.4) is 0 Å². The first-order chi connectivity index (χ1) is 10.5. The molecule has 0 bridgehead atoms. The first-order valence-electron chi connectivity index (χ1n) is 7.43. The fraction of sp³-hybridized carbons (Fsp3) is 0.500. The molecule has 2 atom stereocenters. The second kappa shape index (κ2) is 7.26. The molecule has 0 aromatic heterocycles. The molecule has 1 unspecified atom stereocenters. The molecule has 0 saturated carbocycles. The molecule has 1 aromatic carbocycles. The largest absolute Gasteiger partial charge is 0.445 e. The van der Waals surface area contributed by atoms with Crippen LogP contribution < -0.4 is 0 Å². The summed E-state index contributed by atoms with van der Waals surface area (Å²) < 4.78 is 5.26. The number of β-amino-alcohol motifs (C(OH)–C–C–N with tert-alkyl or cyclic N) is 1. The minimum atomic E-state index is -0.691. The van der Waals surface area contributed by atoms with Gasteiger partial charge in [-0.3, -0.25) is 9.69 Å². The highest BCUT2D eigenvalue weighted by atomic mass is 16.6. The summed E-state index contributed by atoms with van der Waals surface area (Å²) in [4.78, 5) is 27.4. The van der Waals surface area contributed by atoms with E-state index in [0.717, 1.165) is 5.56 Å². The molecule has 1 saturated heterocycles. The number of likely N-dealkylation sites (tertiary alicyclic amines) is 1. The lowest BCUT2D eigenvalue weighted by Gasteiger charge is -2.26. The molecule has 6 heteroatoms. The molecule has 0 spiro atoms. The van der Waals surface area contributed by atoms with Crippen molar-refractivity contribution < 1.29 is 19.4 Å². The van der Waals surface area contributed by atoms with Gasteiger partial charge >= 0.3 is 6.09 Å². The second-order valence-corrected chi connectivity index (χ2v) is 5.45. The number of ether oxygens (including phenoxy) is 1. The Morgan fingerprint density at radius 3 is 2.68 bits per heavy atom. The Balaban J connectivity index is 1.98. The van der Waals surface area contributed by atoms with E-state index in [9.17, 15) is 14.7 Å². The summed E-state index contributed by atoms with van der Waals surface area (Å²) in [6, 6.07) is 8.69. The van der Waals surface area contributed by atoms with Gasteiger partial charge in [0.05, 0.1) is 12.6 Å². The average Bonchev–Trinajstić information content (AvgIpc) is 2.94. The quantitative estimate of drug-likeness (QED) is 0.908. The average molecular weight is 306 g/mol. The van der Waals surface area contributed by atoms with E-state index in [1.54, 1.807) is 11.9 Å². The summed E-state index contributed by atoms with van der Waals surface area (Å²) in [5.74, 6) is -0.171. The van der Waals surface area contributed by atoms with Gasteiger partial charge in [-0.25, -0.2) is 4.79 Å². The topological polar surface area (TPSA) is 70.1 Å². The first kappa shape index (κ1) is 16.3. The fourth-order valence-corrected chi connectivity index (χ4v) is 2.46. The molecule has 1 N–H and O–H groups in total. The number of likely N-dealkylation sites (N-methyl/N-ethyl adjacent to an activating group) is 1. The van der Waals surface area contributed by atoms with Crippen molar-refractivity contribution in [3.8, 4) is 0 Å². The Kier molecular flexibility index (Phi) is 5.38. The zero-order valence-electron chi connectivity index (χ0n) is 12.9. The summed E-state index contributed by atoms with van der Waals surface area (Å²) in [6.45, 7) is 2.69. The lowest BCUT2D eigenvalue weighted by Crippen LogP contribution is -2.46. The number of aliphatic hydroxyl groups is 1. The van der Waals surface area contributed by atoms with Crippen LogP contribution in [0.25, 0.3) is 0 Å². The van der Waals surface area contributed by atoms with Crippen molar-refractivity contribution in [3.05, 3.63) is 35.9 Å². The van der Waals surface area contributed by atoms with E-state index >= 15 is 0 Å². The maximum atomic E-state index is 12.3. The number of carbonyl (C=O) groups excluding carboxylic acids is 2. The highest BCUT2D eigenvalue weighted by Crippen LogP contribution is 2.21. The van der Waals surface area contributed by atoms with Crippen molar-refractivity contribution in [2.24, 2.45) is 0 Å². The normalized spacial score (nSPS) is 20.8. The zero-order valence-corrected chi connectivity index (χ0v) is 12.9. The van der Waals surface area contributed by atoms with E-state index in [1.165, 1.54) is 4.90 Å². The standard InChI is InChI=1S/C16H22N2O4/c1-3-17(2)15(20)14-9-13(19)10-18(14)16(21)22-11-12-7-5-4-6-8-12/h4-8,13-14,19H,3,9-11H2,1-2H3/t13?,14-/m0/s1. The third-order valence-corrected chi connectivity index (χ3v) is 3.85. The molecule has 0 aliphatic carbocycles. The first-order valence-corrected chi connectivity index (χ1v) is 7.43. The van der Waals surface area contributed by atoms with E-state index in [1.807, 2.05) is 37.3 Å². The molecule has 6 nitrogen and oxygen atoms in total. The van der Waals surface area contributed by atoms with Crippen LogP contribution in [0.15, 0.2) is 30.3 Å². The highest BCUT2D eigenvalue weighted by Gasteiger charge is 2.40. The fourth-order valence-electron chi connectivity index (χ4n) is 2.46. The summed E-state index contributed by atoms with van der Waals surface area (Å²) in [5.41, 5.74) is 0.879. The van der Waals surface area contributed by atoms with Crippen LogP contribution >= 0.6 is 0 Å². The number of benzene rings is 1. The Hall–Kier alpha value is -2.08. The highest BCUT2D eigenvalue weighted by molar-refractivity contribution is 5.86. The lowest BCUT2D eigenvalue weighted by molar-refractivity contribution is -0.134. The molecular weight excluding hydrogens is 284 g/mol. The van der Waals surface area contributed by atoms with Gasteiger partial charge in [-0.2, -0.15) is 0 Å². The molecule has 1 aromatic rings. The van der Waals surface area contributed by atoms with E-state index in [0.29, 0.717) is 6.54 Å². The van der Waals surface area contributed by atoms with E-state index in [4.69, 9.17) is 4.74 Å². The van der Waals surface area contributed by atoms with Crippen molar-refractivity contribution in [2.45, 2.75) is 32.1 Å². The molecule has 120 valence electrons. The number of rotatable bonds is 4. The van der Waals surface area contributed by atoms with Crippen molar-refractivity contribution in [2.75, 3.05) is 20.1 Å². The SMILES string of the molecule is CCN(C)C(=O)[C@@H]1CC(O)CN1C(=O)OCc1ccccc1. The minimum Gasteiger partial charge on any atom is -0.445 e. The molecule has 1 fully saturated rings. The van der Waals surface area contributed by atoms with Crippen LogP contribution in [0.4, 0.5) is 4.79 Å². The second-order valence-electron chi connectivity index (χ2n) is 5.45. The lowest BCUT2D eigenvalue weighted by atomic mass is 10.2. The summed E-state index contributed by atoms with van der Waals surface area (Å²) in [5, 5.41) is 9.79. The van der Waals surface area contributed by atoms with Crippen LogP contribution in [-0.2, 0) is 16.1 Å². The summed E-state index contributed by atoms with van der Waals surface area (Å²) in [7, 11) is 1.68. The molecular formula is C16H22N2O4.